The van der Waals surface area contributed by atoms with Crippen LogP contribution in [0.15, 0.2) is 47.1 Å². The summed E-state index contributed by atoms with van der Waals surface area (Å²) in [5, 5.41) is 14.0. The number of hydrogen-bond donors (Lipinski definition) is 1. The predicted molar refractivity (Wildman–Crippen MR) is 91.3 cm³/mol. The van der Waals surface area contributed by atoms with Crippen LogP contribution in [0.3, 0.4) is 0 Å². The van der Waals surface area contributed by atoms with E-state index in [2.05, 4.69) is 70.6 Å². The van der Waals surface area contributed by atoms with Crippen LogP contribution >= 0.6 is 0 Å². The molecular weight excluding hydrogens is 302 g/mol. The summed E-state index contributed by atoms with van der Waals surface area (Å²) in [6.07, 6.45) is 1.74. The first-order chi connectivity index (χ1) is 11.5. The summed E-state index contributed by atoms with van der Waals surface area (Å²) in [6, 6.07) is 12.2. The van der Waals surface area contributed by atoms with E-state index in [0.717, 1.165) is 22.2 Å². The summed E-state index contributed by atoms with van der Waals surface area (Å²) in [5.41, 5.74) is 5.62. The summed E-state index contributed by atoms with van der Waals surface area (Å²) in [6.45, 7) is 6.61. The van der Waals surface area contributed by atoms with Gasteiger partial charge in [0.05, 0.1) is 0 Å². The number of benzene rings is 1. The highest BCUT2D eigenvalue weighted by molar-refractivity contribution is 5.91. The number of fused-ring (bicyclic) bond motifs is 1. The Morgan fingerprint density at radius 1 is 1.00 bits per heavy atom. The number of hydrogen-bond acceptors (Lipinski definition) is 5. The minimum Gasteiger partial charge on any atom is -0.462 e. The van der Waals surface area contributed by atoms with E-state index < -0.39 is 0 Å². The van der Waals surface area contributed by atoms with Gasteiger partial charge in [-0.05, 0) is 33.9 Å². The van der Waals surface area contributed by atoms with E-state index in [4.69, 9.17) is 4.42 Å². The number of pyridine rings is 1. The van der Waals surface area contributed by atoms with Crippen molar-refractivity contribution in [2.24, 2.45) is 0 Å². The molecule has 0 spiro atoms. The largest absolute Gasteiger partial charge is 0.462 e. The van der Waals surface area contributed by atoms with Crippen molar-refractivity contribution in [1.29, 1.82) is 0 Å². The molecule has 0 amide bonds. The molecule has 0 atom stereocenters. The van der Waals surface area contributed by atoms with Gasteiger partial charge in [-0.2, -0.15) is 5.21 Å². The van der Waals surface area contributed by atoms with Crippen molar-refractivity contribution in [3.05, 3.63) is 48.2 Å². The highest BCUT2D eigenvalue weighted by Crippen LogP contribution is 2.32. The van der Waals surface area contributed by atoms with E-state index in [-0.39, 0.29) is 5.41 Å². The molecule has 6 heteroatoms. The Bertz CT molecular complexity index is 979. The van der Waals surface area contributed by atoms with E-state index in [9.17, 15) is 0 Å². The summed E-state index contributed by atoms with van der Waals surface area (Å²) >= 11 is 0. The van der Waals surface area contributed by atoms with Gasteiger partial charge < -0.3 is 4.42 Å². The molecule has 0 aliphatic carbocycles. The number of aromatic nitrogens is 5. The lowest BCUT2D eigenvalue weighted by molar-refractivity contribution is 0.590. The molecule has 3 aromatic heterocycles. The average Bonchev–Trinajstić information content (AvgIpc) is 3.23. The fourth-order valence-corrected chi connectivity index (χ4v) is 2.66. The molecule has 0 fully saturated rings. The van der Waals surface area contributed by atoms with E-state index in [1.54, 1.807) is 6.26 Å². The van der Waals surface area contributed by atoms with Gasteiger partial charge in [0, 0.05) is 5.56 Å². The minimum absolute atomic E-state index is 0.126. The van der Waals surface area contributed by atoms with Gasteiger partial charge in [0.1, 0.15) is 17.5 Å². The molecule has 0 saturated carbocycles. The first-order valence-corrected chi connectivity index (χ1v) is 7.75. The molecule has 0 radical (unpaired) electrons. The van der Waals surface area contributed by atoms with Crippen LogP contribution in [0.4, 0.5) is 0 Å². The van der Waals surface area contributed by atoms with E-state index in [1.165, 1.54) is 5.56 Å². The van der Waals surface area contributed by atoms with Crippen molar-refractivity contribution in [2.45, 2.75) is 26.2 Å². The first-order valence-electron chi connectivity index (χ1n) is 7.75. The maximum absolute atomic E-state index is 5.65. The SMILES string of the molecule is CC(C)(C)c1ccc(-c2coc3ccc(-c4nn[nH]n4)nc23)cc1. The van der Waals surface area contributed by atoms with Gasteiger partial charge in [0.2, 0.25) is 5.82 Å². The topological polar surface area (TPSA) is 80.5 Å². The normalized spacial score (nSPS) is 12.0. The predicted octanol–water partition coefficient (Wildman–Crippen LogP) is 3.97. The highest BCUT2D eigenvalue weighted by Gasteiger charge is 2.16. The molecule has 1 aromatic carbocycles. The molecule has 0 unspecified atom stereocenters. The second-order valence-electron chi connectivity index (χ2n) is 6.76. The van der Waals surface area contributed by atoms with Crippen LogP contribution < -0.4 is 0 Å². The van der Waals surface area contributed by atoms with Gasteiger partial charge in [-0.25, -0.2) is 4.98 Å². The van der Waals surface area contributed by atoms with Gasteiger partial charge in [0.15, 0.2) is 5.58 Å². The van der Waals surface area contributed by atoms with Crippen LogP contribution in [0.2, 0.25) is 0 Å². The number of nitrogens with zero attached hydrogens (tertiary/aromatic N) is 4. The number of H-pyrrole nitrogens is 1. The zero-order valence-corrected chi connectivity index (χ0v) is 13.7. The summed E-state index contributed by atoms with van der Waals surface area (Å²) in [5.74, 6) is 0.465. The third-order valence-corrected chi connectivity index (χ3v) is 4.05. The summed E-state index contributed by atoms with van der Waals surface area (Å²) < 4.78 is 5.65. The number of rotatable bonds is 2. The third kappa shape index (κ3) is 2.46. The molecular formula is C18H17N5O. The molecule has 0 aliphatic rings. The molecule has 4 rings (SSSR count). The molecule has 0 saturated heterocycles. The Morgan fingerprint density at radius 3 is 2.46 bits per heavy atom. The molecule has 0 bridgehead atoms. The Labute approximate surface area is 138 Å². The highest BCUT2D eigenvalue weighted by atomic mass is 16.3. The van der Waals surface area contributed by atoms with Crippen molar-refractivity contribution in [3.8, 4) is 22.6 Å². The quantitative estimate of drug-likeness (QED) is 0.604. The Hall–Kier alpha value is -3.02. The lowest BCUT2D eigenvalue weighted by atomic mass is 9.86. The fourth-order valence-electron chi connectivity index (χ4n) is 2.66. The monoisotopic (exact) mass is 319 g/mol. The number of tetrazole rings is 1. The van der Waals surface area contributed by atoms with E-state index >= 15 is 0 Å². The molecule has 6 nitrogen and oxygen atoms in total. The van der Waals surface area contributed by atoms with Crippen LogP contribution in [0, 0.1) is 0 Å². The maximum Gasteiger partial charge on any atom is 0.222 e. The number of nitrogens with one attached hydrogen (secondary N) is 1. The zero-order valence-electron chi connectivity index (χ0n) is 13.7. The third-order valence-electron chi connectivity index (χ3n) is 4.05. The Morgan fingerprint density at radius 2 is 1.79 bits per heavy atom. The van der Waals surface area contributed by atoms with E-state index in [1.807, 2.05) is 12.1 Å². The summed E-state index contributed by atoms with van der Waals surface area (Å²) in [7, 11) is 0. The van der Waals surface area contributed by atoms with Crippen LogP contribution in [0.5, 0.6) is 0 Å². The van der Waals surface area contributed by atoms with Gasteiger partial charge in [-0.1, -0.05) is 45.0 Å². The Balaban J connectivity index is 1.80. The first kappa shape index (κ1) is 14.6. The van der Waals surface area contributed by atoms with E-state index in [0.29, 0.717) is 11.5 Å². The number of aromatic amines is 1. The maximum atomic E-state index is 5.65. The number of furan rings is 1. The van der Waals surface area contributed by atoms with Gasteiger partial charge in [-0.3, -0.25) is 0 Å². The van der Waals surface area contributed by atoms with Crippen LogP contribution in [-0.4, -0.2) is 25.6 Å². The second kappa shape index (κ2) is 5.26. The van der Waals surface area contributed by atoms with Crippen molar-refractivity contribution >= 4 is 11.1 Å². The smallest absolute Gasteiger partial charge is 0.222 e. The minimum atomic E-state index is 0.126. The molecule has 3 heterocycles. The average molecular weight is 319 g/mol. The lowest BCUT2D eigenvalue weighted by Gasteiger charge is -2.19. The molecule has 24 heavy (non-hydrogen) atoms. The van der Waals surface area contributed by atoms with Crippen molar-refractivity contribution < 1.29 is 4.42 Å². The summed E-state index contributed by atoms with van der Waals surface area (Å²) in [4.78, 5) is 4.65. The van der Waals surface area contributed by atoms with Crippen molar-refractivity contribution in [2.75, 3.05) is 0 Å². The second-order valence-corrected chi connectivity index (χ2v) is 6.76. The molecule has 120 valence electrons. The zero-order chi connectivity index (χ0) is 16.7. The molecule has 1 N–H and O–H groups in total. The van der Waals surface area contributed by atoms with Crippen molar-refractivity contribution in [1.82, 2.24) is 25.6 Å². The van der Waals surface area contributed by atoms with Crippen LogP contribution in [0.25, 0.3) is 33.7 Å². The fraction of sp³-hybridized carbons (Fsp3) is 0.222. The molecule has 0 aliphatic heterocycles. The Kier molecular flexibility index (Phi) is 3.19. The molecule has 4 aromatic rings. The van der Waals surface area contributed by atoms with Gasteiger partial charge >= 0.3 is 0 Å². The van der Waals surface area contributed by atoms with Crippen LogP contribution in [-0.2, 0) is 5.41 Å². The van der Waals surface area contributed by atoms with Gasteiger partial charge in [-0.15, -0.1) is 10.2 Å². The van der Waals surface area contributed by atoms with Gasteiger partial charge in [0.25, 0.3) is 0 Å². The lowest BCUT2D eigenvalue weighted by Crippen LogP contribution is -2.10. The van der Waals surface area contributed by atoms with Crippen LogP contribution in [0.1, 0.15) is 26.3 Å². The van der Waals surface area contributed by atoms with Crippen molar-refractivity contribution in [3.63, 3.8) is 0 Å². The standard InChI is InChI=1S/C18H17N5O/c1-18(2,3)12-6-4-11(5-7-12)13-10-24-15-9-8-14(19-16(13)15)17-20-22-23-21-17/h4-10H,1-3H3,(H,20,21,22,23).